The van der Waals surface area contributed by atoms with Crippen LogP contribution in [0.2, 0.25) is 0 Å². The van der Waals surface area contributed by atoms with Crippen LogP contribution in [0, 0.1) is 0 Å². The first-order valence-electron chi connectivity index (χ1n) is 11.1. The lowest BCUT2D eigenvalue weighted by molar-refractivity contribution is 0.0827. The van der Waals surface area contributed by atoms with Crippen molar-refractivity contribution in [1.29, 1.82) is 0 Å². The Hall–Kier alpha value is -2.49. The Morgan fingerprint density at radius 2 is 1.88 bits per heavy atom. The van der Waals surface area contributed by atoms with Crippen molar-refractivity contribution in [2.75, 3.05) is 33.8 Å². The number of fused-ring (bicyclic) bond motifs is 1. The van der Waals surface area contributed by atoms with Gasteiger partial charge in [-0.25, -0.2) is 4.99 Å². The number of benzene rings is 2. The number of carbonyl (C=O) groups excluding carboxylic acids is 1. The van der Waals surface area contributed by atoms with E-state index in [1.165, 1.54) is 5.56 Å². The quantitative estimate of drug-likeness (QED) is 0.220. The van der Waals surface area contributed by atoms with Crippen LogP contribution in [-0.2, 0) is 13.0 Å². The smallest absolute Gasteiger partial charge is 0.253 e. The SMILES string of the molecule is CCNC(=NCc1ccc(C(=O)N(C)C)cc1)NCCOc1cccc2c1OC(C)(C)C2.I. The molecule has 2 aromatic carbocycles. The maximum Gasteiger partial charge on any atom is 0.253 e. The number of para-hydroxylation sites is 1. The average Bonchev–Trinajstić information content (AvgIpc) is 3.09. The Balaban J connectivity index is 0.00000385. The molecule has 1 heterocycles. The fourth-order valence-corrected chi connectivity index (χ4v) is 3.55. The van der Waals surface area contributed by atoms with Gasteiger partial charge in [0.05, 0.1) is 13.1 Å². The number of nitrogens with one attached hydrogen (secondary N) is 2. The molecule has 7 nitrogen and oxygen atoms in total. The van der Waals surface area contributed by atoms with Crippen molar-refractivity contribution in [2.24, 2.45) is 4.99 Å². The lowest BCUT2D eigenvalue weighted by Gasteiger charge is -2.18. The largest absolute Gasteiger partial charge is 0.488 e. The van der Waals surface area contributed by atoms with E-state index in [0.717, 1.165) is 36.0 Å². The summed E-state index contributed by atoms with van der Waals surface area (Å²) in [6.45, 7) is 8.58. The number of aliphatic imine (C=N–C) groups is 1. The lowest BCUT2D eigenvalue weighted by atomic mass is 10.0. The van der Waals surface area contributed by atoms with E-state index in [1.807, 2.05) is 43.3 Å². The monoisotopic (exact) mass is 566 g/mol. The highest BCUT2D eigenvalue weighted by atomic mass is 127. The molecule has 0 aliphatic carbocycles. The lowest BCUT2D eigenvalue weighted by Crippen LogP contribution is -2.39. The molecule has 0 spiro atoms. The third-order valence-electron chi connectivity index (χ3n) is 5.08. The molecule has 0 bridgehead atoms. The first-order chi connectivity index (χ1) is 15.3. The van der Waals surface area contributed by atoms with Gasteiger partial charge in [0.1, 0.15) is 12.2 Å². The van der Waals surface area contributed by atoms with Crippen LogP contribution in [0.1, 0.15) is 42.3 Å². The molecule has 0 radical (unpaired) electrons. The van der Waals surface area contributed by atoms with Crippen LogP contribution in [-0.4, -0.2) is 56.2 Å². The summed E-state index contributed by atoms with van der Waals surface area (Å²) in [4.78, 5) is 18.2. The second-order valence-electron chi connectivity index (χ2n) is 8.65. The summed E-state index contributed by atoms with van der Waals surface area (Å²) in [5.74, 6) is 2.35. The number of carbonyl (C=O) groups is 1. The van der Waals surface area contributed by atoms with Gasteiger partial charge in [-0.15, -0.1) is 24.0 Å². The molecule has 2 aromatic rings. The number of halogens is 1. The van der Waals surface area contributed by atoms with E-state index in [1.54, 1.807) is 19.0 Å². The van der Waals surface area contributed by atoms with Crippen molar-refractivity contribution in [3.63, 3.8) is 0 Å². The van der Waals surface area contributed by atoms with Crippen molar-refractivity contribution < 1.29 is 14.3 Å². The van der Waals surface area contributed by atoms with Gasteiger partial charge in [0.15, 0.2) is 17.5 Å². The summed E-state index contributed by atoms with van der Waals surface area (Å²) >= 11 is 0. The van der Waals surface area contributed by atoms with Gasteiger partial charge in [0.25, 0.3) is 5.91 Å². The molecule has 0 saturated carbocycles. The van der Waals surface area contributed by atoms with Crippen LogP contribution in [0.4, 0.5) is 0 Å². The maximum absolute atomic E-state index is 12.0. The highest BCUT2D eigenvalue weighted by Crippen LogP contribution is 2.41. The van der Waals surface area contributed by atoms with Crippen molar-refractivity contribution in [2.45, 2.75) is 39.3 Å². The van der Waals surface area contributed by atoms with E-state index in [0.29, 0.717) is 25.3 Å². The Morgan fingerprint density at radius 1 is 1.15 bits per heavy atom. The molecule has 180 valence electrons. The van der Waals surface area contributed by atoms with Crippen LogP contribution in [0.5, 0.6) is 11.5 Å². The van der Waals surface area contributed by atoms with Gasteiger partial charge in [0, 0.05) is 38.2 Å². The maximum atomic E-state index is 12.0. The second kappa shape index (κ2) is 12.1. The van der Waals surface area contributed by atoms with Crippen LogP contribution < -0.4 is 20.1 Å². The summed E-state index contributed by atoms with van der Waals surface area (Å²) in [5.41, 5.74) is 2.70. The van der Waals surface area contributed by atoms with Crippen LogP contribution in [0.15, 0.2) is 47.5 Å². The third-order valence-corrected chi connectivity index (χ3v) is 5.08. The molecule has 33 heavy (non-hydrogen) atoms. The normalized spacial score (nSPS) is 13.9. The number of rotatable bonds is 8. The molecule has 0 aromatic heterocycles. The van der Waals surface area contributed by atoms with Crippen LogP contribution >= 0.6 is 24.0 Å². The highest BCUT2D eigenvalue weighted by Gasteiger charge is 2.32. The van der Waals surface area contributed by atoms with E-state index < -0.39 is 0 Å². The molecule has 1 aliphatic heterocycles. The molecule has 3 rings (SSSR count). The third kappa shape index (κ3) is 7.52. The van der Waals surface area contributed by atoms with Gasteiger partial charge in [-0.2, -0.15) is 0 Å². The van der Waals surface area contributed by atoms with Crippen molar-refractivity contribution in [3.8, 4) is 11.5 Å². The minimum Gasteiger partial charge on any atom is -0.488 e. The Morgan fingerprint density at radius 3 is 2.55 bits per heavy atom. The molecular weight excluding hydrogens is 531 g/mol. The summed E-state index contributed by atoms with van der Waals surface area (Å²) < 4.78 is 12.0. The molecule has 0 atom stereocenters. The standard InChI is InChI=1S/C25H34N4O3.HI/c1-6-26-24(28-17-18-10-12-19(13-11-18)23(30)29(4)5)27-14-15-31-21-9-7-8-20-16-25(2,3)32-22(20)21;/h7-13H,6,14-17H2,1-5H3,(H2,26,27,28);1H. The van der Waals surface area contributed by atoms with E-state index in [4.69, 9.17) is 9.47 Å². The Labute approximate surface area is 214 Å². The van der Waals surface area contributed by atoms with Crippen molar-refractivity contribution >= 4 is 35.8 Å². The predicted molar refractivity (Wildman–Crippen MR) is 143 cm³/mol. The van der Waals surface area contributed by atoms with Crippen molar-refractivity contribution in [1.82, 2.24) is 15.5 Å². The number of nitrogens with zero attached hydrogens (tertiary/aromatic N) is 2. The van der Waals surface area contributed by atoms with Crippen LogP contribution in [0.25, 0.3) is 0 Å². The molecule has 8 heteroatoms. The molecule has 1 aliphatic rings. The molecule has 1 amide bonds. The number of amides is 1. The van der Waals surface area contributed by atoms with Gasteiger partial charge in [-0.1, -0.05) is 24.3 Å². The minimum atomic E-state index is -0.192. The fourth-order valence-electron chi connectivity index (χ4n) is 3.55. The first-order valence-corrected chi connectivity index (χ1v) is 11.1. The highest BCUT2D eigenvalue weighted by molar-refractivity contribution is 14.0. The Bertz CT molecular complexity index is 959. The molecule has 0 saturated heterocycles. The minimum absolute atomic E-state index is 0. The van der Waals surface area contributed by atoms with Gasteiger partial charge in [0.2, 0.25) is 0 Å². The number of hydrogen-bond donors (Lipinski definition) is 2. The molecule has 0 unspecified atom stereocenters. The summed E-state index contributed by atoms with van der Waals surface area (Å²) in [7, 11) is 3.50. The summed E-state index contributed by atoms with van der Waals surface area (Å²) in [6, 6.07) is 13.6. The van der Waals surface area contributed by atoms with E-state index in [2.05, 4.69) is 35.5 Å². The summed E-state index contributed by atoms with van der Waals surface area (Å²) in [5, 5.41) is 6.55. The van der Waals surface area contributed by atoms with E-state index in [9.17, 15) is 4.79 Å². The number of ether oxygens (including phenoxy) is 2. The van der Waals surface area contributed by atoms with Gasteiger partial charge >= 0.3 is 0 Å². The zero-order chi connectivity index (χ0) is 23.1. The summed E-state index contributed by atoms with van der Waals surface area (Å²) in [6.07, 6.45) is 0.888. The zero-order valence-corrected chi connectivity index (χ0v) is 22.4. The topological polar surface area (TPSA) is 75.2 Å². The predicted octanol–water partition coefficient (Wildman–Crippen LogP) is 3.85. The molecular formula is C25H35IN4O3. The number of guanidine groups is 1. The fraction of sp³-hybridized carbons (Fsp3) is 0.440. The number of hydrogen-bond acceptors (Lipinski definition) is 4. The van der Waals surface area contributed by atoms with Gasteiger partial charge in [-0.05, 0) is 44.5 Å². The average molecular weight is 566 g/mol. The Kier molecular flexibility index (Phi) is 9.82. The van der Waals surface area contributed by atoms with Gasteiger partial charge in [-0.3, -0.25) is 4.79 Å². The van der Waals surface area contributed by atoms with Crippen molar-refractivity contribution in [3.05, 3.63) is 59.2 Å². The van der Waals surface area contributed by atoms with E-state index >= 15 is 0 Å². The molecule has 0 fully saturated rings. The van der Waals surface area contributed by atoms with E-state index in [-0.39, 0.29) is 35.5 Å². The second-order valence-corrected chi connectivity index (χ2v) is 8.65. The van der Waals surface area contributed by atoms with Gasteiger partial charge < -0.3 is 25.0 Å². The van der Waals surface area contributed by atoms with Crippen LogP contribution in [0.3, 0.4) is 0 Å². The first kappa shape index (κ1) is 26.8. The molecule has 2 N–H and O–H groups in total. The zero-order valence-electron chi connectivity index (χ0n) is 20.1.